The summed E-state index contributed by atoms with van der Waals surface area (Å²) >= 11 is 6.12. The van der Waals surface area contributed by atoms with Crippen molar-refractivity contribution < 1.29 is 9.21 Å². The molecule has 6 nitrogen and oxygen atoms in total. The van der Waals surface area contributed by atoms with E-state index < -0.39 is 0 Å². The van der Waals surface area contributed by atoms with E-state index in [-0.39, 0.29) is 5.92 Å². The highest BCUT2D eigenvalue weighted by atomic mass is 35.5. The monoisotopic (exact) mass is 492 g/mol. The average Bonchev–Trinajstić information content (AvgIpc) is 3.25. The normalized spacial score (nSPS) is 18.2. The molecule has 35 heavy (non-hydrogen) atoms. The molecule has 3 heterocycles. The second-order valence-corrected chi connectivity index (χ2v) is 10.1. The molecule has 2 aliphatic heterocycles. The van der Waals surface area contributed by atoms with E-state index in [0.717, 1.165) is 82.2 Å². The molecule has 184 valence electrons. The highest BCUT2D eigenvalue weighted by Gasteiger charge is 2.31. The lowest BCUT2D eigenvalue weighted by Gasteiger charge is -2.38. The van der Waals surface area contributed by atoms with Crippen LogP contribution < -0.4 is 0 Å². The molecule has 2 aromatic carbocycles. The number of nitrogens with zero attached hydrogens (tertiary/aromatic N) is 4. The van der Waals surface area contributed by atoms with E-state index in [2.05, 4.69) is 45.0 Å². The third-order valence-corrected chi connectivity index (χ3v) is 7.44. The van der Waals surface area contributed by atoms with Crippen LogP contribution in [0.2, 0.25) is 5.02 Å². The van der Waals surface area contributed by atoms with Gasteiger partial charge in [0.2, 0.25) is 11.8 Å². The number of piperazine rings is 1. The van der Waals surface area contributed by atoms with E-state index in [1.54, 1.807) is 0 Å². The van der Waals surface area contributed by atoms with Crippen molar-refractivity contribution in [2.24, 2.45) is 5.92 Å². The van der Waals surface area contributed by atoms with Crippen LogP contribution in [0.3, 0.4) is 0 Å². The average molecular weight is 493 g/mol. The van der Waals surface area contributed by atoms with Gasteiger partial charge in [0.15, 0.2) is 0 Å². The molecule has 7 heteroatoms. The summed E-state index contributed by atoms with van der Waals surface area (Å²) < 4.78 is 5.92. The predicted molar refractivity (Wildman–Crippen MR) is 138 cm³/mol. The van der Waals surface area contributed by atoms with Crippen LogP contribution >= 0.6 is 11.6 Å². The minimum absolute atomic E-state index is 0.132. The first-order valence-electron chi connectivity index (χ1n) is 12.5. The summed E-state index contributed by atoms with van der Waals surface area (Å²) in [4.78, 5) is 24.8. The van der Waals surface area contributed by atoms with Crippen LogP contribution in [0.25, 0.3) is 11.5 Å². The van der Waals surface area contributed by atoms with Crippen molar-refractivity contribution in [2.75, 3.05) is 39.3 Å². The van der Waals surface area contributed by atoms with Gasteiger partial charge in [0.25, 0.3) is 0 Å². The van der Waals surface area contributed by atoms with Crippen molar-refractivity contribution in [1.82, 2.24) is 19.7 Å². The quantitative estimate of drug-likeness (QED) is 0.492. The highest BCUT2D eigenvalue weighted by molar-refractivity contribution is 6.30. The van der Waals surface area contributed by atoms with Crippen molar-refractivity contribution in [3.63, 3.8) is 0 Å². The zero-order valence-electron chi connectivity index (χ0n) is 20.3. The van der Waals surface area contributed by atoms with Gasteiger partial charge >= 0.3 is 0 Å². The number of oxazole rings is 1. The van der Waals surface area contributed by atoms with Gasteiger partial charge in [-0.1, -0.05) is 48.0 Å². The summed E-state index contributed by atoms with van der Waals surface area (Å²) in [5, 5.41) is 0.671. The van der Waals surface area contributed by atoms with Crippen molar-refractivity contribution in [1.29, 1.82) is 0 Å². The first-order chi connectivity index (χ1) is 17.0. The Labute approximate surface area is 212 Å². The maximum atomic E-state index is 13.2. The molecule has 3 aromatic rings. The van der Waals surface area contributed by atoms with Crippen LogP contribution in [-0.4, -0.2) is 64.9 Å². The summed E-state index contributed by atoms with van der Waals surface area (Å²) in [6, 6.07) is 18.1. The molecule has 2 aliphatic rings. The minimum Gasteiger partial charge on any atom is -0.441 e. The second kappa shape index (κ2) is 10.9. The second-order valence-electron chi connectivity index (χ2n) is 9.67. The largest absolute Gasteiger partial charge is 0.441 e. The Morgan fingerprint density at radius 1 is 0.943 bits per heavy atom. The Morgan fingerprint density at radius 2 is 1.66 bits per heavy atom. The fraction of sp³-hybridized carbons (Fsp3) is 0.429. The zero-order valence-corrected chi connectivity index (χ0v) is 21.1. The fourth-order valence-corrected chi connectivity index (χ4v) is 5.29. The summed E-state index contributed by atoms with van der Waals surface area (Å²) in [5.41, 5.74) is 3.18. The number of amides is 1. The molecule has 0 atom stereocenters. The third kappa shape index (κ3) is 5.95. The number of piperidine rings is 1. The molecule has 0 unspecified atom stereocenters. The van der Waals surface area contributed by atoms with Gasteiger partial charge in [0, 0.05) is 55.8 Å². The van der Waals surface area contributed by atoms with Crippen LogP contribution in [0.4, 0.5) is 0 Å². The SMILES string of the molecule is Cc1oc(-c2cccc(Cl)c2)nc1CN1CCC(C(=O)N2CCN(Cc3ccccc3)CC2)CC1. The Balaban J connectivity index is 1.09. The van der Waals surface area contributed by atoms with Crippen LogP contribution in [0, 0.1) is 12.8 Å². The number of rotatable bonds is 6. The van der Waals surface area contributed by atoms with Gasteiger partial charge in [0.1, 0.15) is 5.76 Å². The summed E-state index contributed by atoms with van der Waals surface area (Å²) in [6.07, 6.45) is 1.81. The third-order valence-electron chi connectivity index (χ3n) is 7.21. The molecule has 0 bridgehead atoms. The van der Waals surface area contributed by atoms with Crippen molar-refractivity contribution in [3.05, 3.63) is 76.6 Å². The molecule has 0 saturated carbocycles. The zero-order chi connectivity index (χ0) is 24.2. The van der Waals surface area contributed by atoms with E-state index in [1.165, 1.54) is 5.56 Å². The first kappa shape index (κ1) is 24.0. The van der Waals surface area contributed by atoms with Gasteiger partial charge in [-0.2, -0.15) is 0 Å². The molecule has 2 fully saturated rings. The van der Waals surface area contributed by atoms with E-state index >= 15 is 0 Å². The lowest BCUT2D eigenvalue weighted by Crippen LogP contribution is -2.51. The minimum atomic E-state index is 0.132. The van der Waals surface area contributed by atoms with Gasteiger partial charge in [-0.3, -0.25) is 14.6 Å². The number of likely N-dealkylation sites (tertiary alicyclic amines) is 1. The lowest BCUT2D eigenvalue weighted by atomic mass is 9.94. The van der Waals surface area contributed by atoms with Crippen molar-refractivity contribution in [2.45, 2.75) is 32.9 Å². The number of carbonyl (C=O) groups excluding carboxylic acids is 1. The maximum Gasteiger partial charge on any atom is 0.226 e. The summed E-state index contributed by atoms with van der Waals surface area (Å²) in [6.45, 7) is 9.03. The Kier molecular flexibility index (Phi) is 7.51. The van der Waals surface area contributed by atoms with Crippen LogP contribution in [-0.2, 0) is 17.9 Å². The molecular formula is C28H33ClN4O2. The predicted octanol–water partition coefficient (Wildman–Crippen LogP) is 4.86. The smallest absolute Gasteiger partial charge is 0.226 e. The maximum absolute atomic E-state index is 13.2. The van der Waals surface area contributed by atoms with E-state index in [0.29, 0.717) is 16.8 Å². The number of aromatic nitrogens is 1. The van der Waals surface area contributed by atoms with Gasteiger partial charge in [-0.25, -0.2) is 4.98 Å². The highest BCUT2D eigenvalue weighted by Crippen LogP contribution is 2.27. The van der Waals surface area contributed by atoms with Gasteiger partial charge in [-0.05, 0) is 56.6 Å². The molecule has 0 radical (unpaired) electrons. The Hall–Kier alpha value is -2.67. The lowest BCUT2D eigenvalue weighted by molar-refractivity contribution is -0.139. The molecule has 5 rings (SSSR count). The van der Waals surface area contributed by atoms with Gasteiger partial charge < -0.3 is 9.32 Å². The van der Waals surface area contributed by atoms with E-state index in [1.807, 2.05) is 31.2 Å². The molecule has 1 aromatic heterocycles. The first-order valence-corrected chi connectivity index (χ1v) is 12.9. The van der Waals surface area contributed by atoms with Crippen molar-refractivity contribution >= 4 is 17.5 Å². The van der Waals surface area contributed by atoms with Crippen LogP contribution in [0.5, 0.6) is 0 Å². The Bertz CT molecular complexity index is 1130. The number of aryl methyl sites for hydroxylation is 1. The number of halogens is 1. The number of hydrogen-bond donors (Lipinski definition) is 0. The van der Waals surface area contributed by atoms with Gasteiger partial charge in [0.05, 0.1) is 5.69 Å². The van der Waals surface area contributed by atoms with Crippen LogP contribution in [0.1, 0.15) is 29.9 Å². The number of carbonyl (C=O) groups is 1. The Morgan fingerprint density at radius 3 is 2.37 bits per heavy atom. The molecule has 0 aliphatic carbocycles. The van der Waals surface area contributed by atoms with Crippen LogP contribution in [0.15, 0.2) is 59.0 Å². The topological polar surface area (TPSA) is 52.8 Å². The molecule has 0 N–H and O–H groups in total. The summed E-state index contributed by atoms with van der Waals surface area (Å²) in [7, 11) is 0. The summed E-state index contributed by atoms with van der Waals surface area (Å²) in [5.74, 6) is 1.92. The number of hydrogen-bond acceptors (Lipinski definition) is 5. The standard InChI is InChI=1S/C28H33ClN4O2/c1-21-26(30-27(35-21)24-8-5-9-25(29)18-24)20-31-12-10-23(11-13-31)28(34)33-16-14-32(15-17-33)19-22-6-3-2-4-7-22/h2-9,18,23H,10-17,19-20H2,1H3. The molecule has 1 amide bonds. The van der Waals surface area contributed by atoms with Gasteiger partial charge in [-0.15, -0.1) is 0 Å². The fourth-order valence-electron chi connectivity index (χ4n) is 5.10. The van der Waals surface area contributed by atoms with E-state index in [9.17, 15) is 4.79 Å². The number of benzene rings is 2. The van der Waals surface area contributed by atoms with Crippen molar-refractivity contribution in [3.8, 4) is 11.5 Å². The molecule has 2 saturated heterocycles. The molecular weight excluding hydrogens is 460 g/mol. The molecule has 0 spiro atoms. The van der Waals surface area contributed by atoms with E-state index in [4.69, 9.17) is 21.0 Å².